The molecule has 0 unspecified atom stereocenters. The third kappa shape index (κ3) is 5.91. The van der Waals surface area contributed by atoms with E-state index >= 15 is 0 Å². The smallest absolute Gasteiger partial charge is 0.339 e. The first-order chi connectivity index (χ1) is 14.4. The molecule has 2 aromatic carbocycles. The molecule has 0 spiro atoms. The standard InChI is InChI=1S/C22H23N3O5/c1-25(13-15-7-3-2-4-8-15)20(27)17-9-5-6-10-18(17)21(28)30-14-19(26)24-22(29)23-16-11-12-16/h2-10,16H,11-14H2,1H3,(H2,23,24,26,29). The van der Waals surface area contributed by atoms with E-state index < -0.39 is 24.5 Å². The number of benzene rings is 2. The molecule has 3 rings (SSSR count). The van der Waals surface area contributed by atoms with E-state index in [1.54, 1.807) is 19.2 Å². The van der Waals surface area contributed by atoms with Crippen LogP contribution in [0.25, 0.3) is 0 Å². The minimum absolute atomic E-state index is 0.0534. The fourth-order valence-corrected chi connectivity index (χ4v) is 2.80. The van der Waals surface area contributed by atoms with Crippen molar-refractivity contribution in [3.63, 3.8) is 0 Å². The summed E-state index contributed by atoms with van der Waals surface area (Å²) >= 11 is 0. The molecule has 0 aromatic heterocycles. The zero-order valence-electron chi connectivity index (χ0n) is 16.6. The second-order valence-electron chi connectivity index (χ2n) is 7.06. The lowest BCUT2D eigenvalue weighted by Gasteiger charge is -2.19. The molecule has 8 heteroatoms. The lowest BCUT2D eigenvalue weighted by Crippen LogP contribution is -2.42. The molecular formula is C22H23N3O5. The molecule has 8 nitrogen and oxygen atoms in total. The monoisotopic (exact) mass is 409 g/mol. The van der Waals surface area contributed by atoms with Gasteiger partial charge in [0.05, 0.1) is 11.1 Å². The van der Waals surface area contributed by atoms with Gasteiger partial charge in [0.25, 0.3) is 11.8 Å². The maximum atomic E-state index is 12.9. The number of urea groups is 1. The van der Waals surface area contributed by atoms with Crippen molar-refractivity contribution in [3.05, 3.63) is 71.3 Å². The van der Waals surface area contributed by atoms with Crippen molar-refractivity contribution in [1.29, 1.82) is 0 Å². The van der Waals surface area contributed by atoms with Gasteiger partial charge in [0, 0.05) is 19.6 Å². The van der Waals surface area contributed by atoms with Gasteiger partial charge in [-0.1, -0.05) is 42.5 Å². The highest BCUT2D eigenvalue weighted by molar-refractivity contribution is 6.06. The molecule has 0 heterocycles. The van der Waals surface area contributed by atoms with Gasteiger partial charge in [-0.3, -0.25) is 14.9 Å². The van der Waals surface area contributed by atoms with Crippen LogP contribution in [0.3, 0.4) is 0 Å². The van der Waals surface area contributed by atoms with Gasteiger partial charge in [-0.25, -0.2) is 9.59 Å². The fourth-order valence-electron chi connectivity index (χ4n) is 2.80. The lowest BCUT2D eigenvalue weighted by atomic mass is 10.1. The first-order valence-electron chi connectivity index (χ1n) is 9.60. The quantitative estimate of drug-likeness (QED) is 0.682. The number of nitrogens with one attached hydrogen (secondary N) is 2. The highest BCUT2D eigenvalue weighted by Gasteiger charge is 2.25. The Balaban J connectivity index is 1.59. The van der Waals surface area contributed by atoms with Gasteiger partial charge in [-0.05, 0) is 30.5 Å². The van der Waals surface area contributed by atoms with Crippen LogP contribution < -0.4 is 10.6 Å². The molecule has 1 fully saturated rings. The molecule has 2 aromatic rings. The number of rotatable bonds is 7. The number of amides is 4. The maximum absolute atomic E-state index is 12.9. The van der Waals surface area contributed by atoms with Crippen LogP contribution in [0, 0.1) is 0 Å². The number of carbonyl (C=O) groups is 4. The van der Waals surface area contributed by atoms with E-state index in [1.807, 2.05) is 30.3 Å². The molecule has 1 saturated carbocycles. The summed E-state index contributed by atoms with van der Waals surface area (Å²) in [7, 11) is 1.64. The van der Waals surface area contributed by atoms with Crippen LogP contribution in [0.5, 0.6) is 0 Å². The fraction of sp³-hybridized carbons (Fsp3) is 0.273. The zero-order valence-corrected chi connectivity index (χ0v) is 16.6. The van der Waals surface area contributed by atoms with Gasteiger partial charge >= 0.3 is 12.0 Å². The van der Waals surface area contributed by atoms with Crippen LogP contribution in [-0.2, 0) is 16.1 Å². The molecule has 0 atom stereocenters. The predicted molar refractivity (Wildman–Crippen MR) is 109 cm³/mol. The average molecular weight is 409 g/mol. The Kier molecular flexibility index (Phi) is 6.79. The minimum atomic E-state index is -0.815. The van der Waals surface area contributed by atoms with Crippen molar-refractivity contribution in [1.82, 2.24) is 15.5 Å². The van der Waals surface area contributed by atoms with E-state index in [0.717, 1.165) is 18.4 Å². The topological polar surface area (TPSA) is 105 Å². The van der Waals surface area contributed by atoms with Crippen LogP contribution in [0.2, 0.25) is 0 Å². The van der Waals surface area contributed by atoms with Crippen LogP contribution in [-0.4, -0.2) is 48.4 Å². The second-order valence-corrected chi connectivity index (χ2v) is 7.06. The van der Waals surface area contributed by atoms with E-state index in [9.17, 15) is 19.2 Å². The third-order valence-electron chi connectivity index (χ3n) is 4.49. The predicted octanol–water partition coefficient (Wildman–Crippen LogP) is 2.10. The van der Waals surface area contributed by atoms with E-state index in [-0.39, 0.29) is 23.1 Å². The summed E-state index contributed by atoms with van der Waals surface area (Å²) in [4.78, 5) is 50.2. The summed E-state index contributed by atoms with van der Waals surface area (Å²) in [6, 6.07) is 15.2. The summed E-state index contributed by atoms with van der Waals surface area (Å²) in [6.45, 7) is -0.249. The summed E-state index contributed by atoms with van der Waals surface area (Å²) in [5, 5.41) is 4.70. The van der Waals surface area contributed by atoms with Gasteiger partial charge in [0.1, 0.15) is 0 Å². The normalized spacial score (nSPS) is 12.6. The number of esters is 1. The molecule has 0 aliphatic heterocycles. The minimum Gasteiger partial charge on any atom is -0.452 e. The Morgan fingerprint density at radius 2 is 1.60 bits per heavy atom. The molecule has 0 saturated heterocycles. The second kappa shape index (κ2) is 9.69. The first-order valence-corrected chi connectivity index (χ1v) is 9.60. The Bertz CT molecular complexity index is 941. The zero-order chi connectivity index (χ0) is 21.5. The van der Waals surface area contributed by atoms with Crippen molar-refractivity contribution in [3.8, 4) is 0 Å². The van der Waals surface area contributed by atoms with Crippen LogP contribution in [0.1, 0.15) is 39.1 Å². The molecule has 1 aliphatic rings. The maximum Gasteiger partial charge on any atom is 0.339 e. The number of nitrogens with zero attached hydrogens (tertiary/aromatic N) is 1. The number of carbonyl (C=O) groups excluding carboxylic acids is 4. The van der Waals surface area contributed by atoms with Crippen molar-refractivity contribution in [2.75, 3.05) is 13.7 Å². The van der Waals surface area contributed by atoms with Crippen LogP contribution in [0.15, 0.2) is 54.6 Å². The Labute approximate surface area is 174 Å². The SMILES string of the molecule is CN(Cc1ccccc1)C(=O)c1ccccc1C(=O)OCC(=O)NC(=O)NC1CC1. The summed E-state index contributed by atoms with van der Waals surface area (Å²) in [5.41, 5.74) is 1.18. The number of ether oxygens (including phenoxy) is 1. The lowest BCUT2D eigenvalue weighted by molar-refractivity contribution is -0.123. The molecule has 156 valence electrons. The molecule has 4 amide bonds. The molecule has 0 bridgehead atoms. The van der Waals surface area contributed by atoms with E-state index in [1.165, 1.54) is 17.0 Å². The largest absolute Gasteiger partial charge is 0.452 e. The van der Waals surface area contributed by atoms with Crippen LogP contribution in [0.4, 0.5) is 4.79 Å². The van der Waals surface area contributed by atoms with E-state index in [4.69, 9.17) is 4.74 Å². The Hall–Kier alpha value is -3.68. The van der Waals surface area contributed by atoms with Gasteiger partial charge < -0.3 is 15.0 Å². The van der Waals surface area contributed by atoms with Gasteiger partial charge in [-0.2, -0.15) is 0 Å². The van der Waals surface area contributed by atoms with Gasteiger partial charge in [0.2, 0.25) is 0 Å². The molecular weight excluding hydrogens is 386 g/mol. The highest BCUT2D eigenvalue weighted by atomic mass is 16.5. The van der Waals surface area contributed by atoms with Gasteiger partial charge in [0.15, 0.2) is 6.61 Å². The van der Waals surface area contributed by atoms with Crippen molar-refractivity contribution < 1.29 is 23.9 Å². The average Bonchev–Trinajstić information content (AvgIpc) is 3.56. The molecule has 2 N–H and O–H groups in total. The van der Waals surface area contributed by atoms with Gasteiger partial charge in [-0.15, -0.1) is 0 Å². The Morgan fingerprint density at radius 1 is 0.967 bits per heavy atom. The van der Waals surface area contributed by atoms with Crippen LogP contribution >= 0.6 is 0 Å². The Morgan fingerprint density at radius 3 is 2.27 bits per heavy atom. The number of imide groups is 1. The number of hydrogen-bond acceptors (Lipinski definition) is 5. The van der Waals surface area contributed by atoms with Crippen molar-refractivity contribution >= 4 is 23.8 Å². The third-order valence-corrected chi connectivity index (χ3v) is 4.49. The summed E-state index contributed by atoms with van der Waals surface area (Å²) < 4.78 is 5.00. The van der Waals surface area contributed by atoms with E-state index in [2.05, 4.69) is 10.6 Å². The highest BCUT2D eigenvalue weighted by Crippen LogP contribution is 2.18. The summed E-state index contributed by atoms with van der Waals surface area (Å²) in [6.07, 6.45) is 1.78. The molecule has 30 heavy (non-hydrogen) atoms. The first kappa shape index (κ1) is 21.0. The van der Waals surface area contributed by atoms with Crippen molar-refractivity contribution in [2.45, 2.75) is 25.4 Å². The molecule has 0 radical (unpaired) electrons. The van der Waals surface area contributed by atoms with Crippen molar-refractivity contribution in [2.24, 2.45) is 0 Å². The van der Waals surface area contributed by atoms with E-state index in [0.29, 0.717) is 6.54 Å². The summed E-state index contributed by atoms with van der Waals surface area (Å²) in [5.74, 6) is -1.91. The number of hydrogen-bond donors (Lipinski definition) is 2. The molecule has 1 aliphatic carbocycles.